The lowest BCUT2D eigenvalue weighted by molar-refractivity contribution is 0.0647. The Morgan fingerprint density at radius 2 is 1.89 bits per heavy atom. The van der Waals surface area contributed by atoms with Crippen molar-refractivity contribution in [2.45, 2.75) is 39.1 Å². The van der Waals surface area contributed by atoms with Crippen molar-refractivity contribution in [3.63, 3.8) is 0 Å². The molecule has 0 bridgehead atoms. The molecule has 2 heterocycles. The summed E-state index contributed by atoms with van der Waals surface area (Å²) in [5.74, 6) is 1.49. The van der Waals surface area contributed by atoms with Crippen LogP contribution < -0.4 is 10.1 Å². The van der Waals surface area contributed by atoms with Crippen LogP contribution in [0.15, 0.2) is 71.3 Å². The van der Waals surface area contributed by atoms with Gasteiger partial charge in [0.2, 0.25) is 0 Å². The van der Waals surface area contributed by atoms with E-state index >= 15 is 0 Å². The van der Waals surface area contributed by atoms with E-state index in [4.69, 9.17) is 9.15 Å². The summed E-state index contributed by atoms with van der Waals surface area (Å²) in [6, 6.07) is 19.2. The highest BCUT2D eigenvalue weighted by Gasteiger charge is 2.34. The molecule has 2 atom stereocenters. The Bertz CT molecular complexity index is 952. The van der Waals surface area contributed by atoms with Crippen LogP contribution in [0.3, 0.4) is 0 Å². The van der Waals surface area contributed by atoms with Crippen LogP contribution in [0.5, 0.6) is 5.75 Å². The SMILES string of the molecule is CCC(C)Oc1ccccc1C1Nc2ccccc2C(=O)N1Cc1ccco1. The van der Waals surface area contributed by atoms with E-state index in [2.05, 4.69) is 12.2 Å². The fourth-order valence-corrected chi connectivity index (χ4v) is 3.39. The summed E-state index contributed by atoms with van der Waals surface area (Å²) in [5, 5.41) is 3.52. The third kappa shape index (κ3) is 3.48. The molecule has 1 aromatic heterocycles. The monoisotopic (exact) mass is 376 g/mol. The van der Waals surface area contributed by atoms with Gasteiger partial charge in [-0.25, -0.2) is 0 Å². The van der Waals surface area contributed by atoms with Gasteiger partial charge in [-0.2, -0.15) is 0 Å². The van der Waals surface area contributed by atoms with Gasteiger partial charge in [0.15, 0.2) is 0 Å². The first kappa shape index (κ1) is 18.2. The Labute approximate surface area is 164 Å². The predicted molar refractivity (Wildman–Crippen MR) is 108 cm³/mol. The lowest BCUT2D eigenvalue weighted by atomic mass is 10.0. The van der Waals surface area contributed by atoms with E-state index in [0.717, 1.165) is 29.2 Å². The van der Waals surface area contributed by atoms with Gasteiger partial charge >= 0.3 is 0 Å². The van der Waals surface area contributed by atoms with Crippen LogP contribution in [0.1, 0.15) is 48.1 Å². The lowest BCUT2D eigenvalue weighted by Gasteiger charge is -2.38. The molecule has 0 saturated carbocycles. The Balaban J connectivity index is 1.76. The number of para-hydroxylation sites is 2. The molecule has 5 nitrogen and oxygen atoms in total. The summed E-state index contributed by atoms with van der Waals surface area (Å²) in [7, 11) is 0. The highest BCUT2D eigenvalue weighted by molar-refractivity contribution is 6.01. The Hall–Kier alpha value is -3.21. The molecule has 0 radical (unpaired) electrons. The molecule has 1 N–H and O–H groups in total. The standard InChI is InChI=1S/C23H24N2O3/c1-3-16(2)28-21-13-7-5-11-19(21)22-24-20-12-6-4-10-18(20)23(26)25(22)15-17-9-8-14-27-17/h4-14,16,22,24H,3,15H2,1-2H3. The first-order valence-electron chi connectivity index (χ1n) is 9.62. The zero-order chi connectivity index (χ0) is 19.5. The maximum Gasteiger partial charge on any atom is 0.258 e. The molecule has 0 saturated heterocycles. The van der Waals surface area contributed by atoms with Crippen LogP contribution in [0.25, 0.3) is 0 Å². The van der Waals surface area contributed by atoms with Crippen molar-refractivity contribution < 1.29 is 13.9 Å². The van der Waals surface area contributed by atoms with Crippen molar-refractivity contribution >= 4 is 11.6 Å². The highest BCUT2D eigenvalue weighted by atomic mass is 16.5. The number of anilines is 1. The summed E-state index contributed by atoms with van der Waals surface area (Å²) >= 11 is 0. The van der Waals surface area contributed by atoms with Gasteiger partial charge < -0.3 is 19.4 Å². The number of nitrogens with one attached hydrogen (secondary N) is 1. The molecule has 4 rings (SSSR count). The van der Waals surface area contributed by atoms with E-state index in [-0.39, 0.29) is 18.2 Å². The summed E-state index contributed by atoms with van der Waals surface area (Å²) < 4.78 is 11.7. The van der Waals surface area contributed by atoms with Crippen LogP contribution in [0, 0.1) is 0 Å². The normalized spacial score (nSPS) is 17.0. The molecule has 0 aliphatic carbocycles. The molecular weight excluding hydrogens is 352 g/mol. The number of rotatable bonds is 6. The van der Waals surface area contributed by atoms with Gasteiger partial charge in [-0.15, -0.1) is 0 Å². The number of ether oxygens (including phenoxy) is 1. The number of hydrogen-bond donors (Lipinski definition) is 1. The average Bonchev–Trinajstić information content (AvgIpc) is 3.24. The van der Waals surface area contributed by atoms with E-state index in [1.54, 1.807) is 11.2 Å². The number of fused-ring (bicyclic) bond motifs is 1. The third-order valence-corrected chi connectivity index (χ3v) is 5.05. The van der Waals surface area contributed by atoms with E-state index in [9.17, 15) is 4.79 Å². The number of nitrogens with zero attached hydrogens (tertiary/aromatic N) is 1. The minimum atomic E-state index is -0.354. The second-order valence-corrected chi connectivity index (χ2v) is 6.98. The molecule has 5 heteroatoms. The molecule has 1 aliphatic rings. The topological polar surface area (TPSA) is 54.7 Å². The van der Waals surface area contributed by atoms with Gasteiger partial charge in [0.25, 0.3) is 5.91 Å². The molecule has 1 aliphatic heterocycles. The molecule has 0 spiro atoms. The maximum absolute atomic E-state index is 13.3. The second-order valence-electron chi connectivity index (χ2n) is 6.98. The maximum atomic E-state index is 13.3. The van der Waals surface area contributed by atoms with Gasteiger partial charge in [-0.05, 0) is 43.7 Å². The lowest BCUT2D eigenvalue weighted by Crippen LogP contribution is -2.42. The Kier molecular flexibility index (Phi) is 5.06. The second kappa shape index (κ2) is 7.80. The quantitative estimate of drug-likeness (QED) is 0.640. The van der Waals surface area contributed by atoms with Crippen molar-refractivity contribution in [2.75, 3.05) is 5.32 Å². The van der Waals surface area contributed by atoms with Crippen molar-refractivity contribution in [2.24, 2.45) is 0 Å². The van der Waals surface area contributed by atoms with Crippen LogP contribution in [-0.2, 0) is 6.54 Å². The highest BCUT2D eigenvalue weighted by Crippen LogP contribution is 2.38. The van der Waals surface area contributed by atoms with Gasteiger partial charge in [0.05, 0.1) is 24.5 Å². The molecule has 3 aromatic rings. The predicted octanol–water partition coefficient (Wildman–Crippen LogP) is 5.22. The zero-order valence-electron chi connectivity index (χ0n) is 16.1. The van der Waals surface area contributed by atoms with Gasteiger partial charge in [0.1, 0.15) is 17.7 Å². The summed E-state index contributed by atoms with van der Waals surface area (Å²) in [4.78, 5) is 15.1. The zero-order valence-corrected chi connectivity index (χ0v) is 16.1. The summed E-state index contributed by atoms with van der Waals surface area (Å²) in [6.45, 7) is 4.51. The fourth-order valence-electron chi connectivity index (χ4n) is 3.39. The smallest absolute Gasteiger partial charge is 0.258 e. The fraction of sp³-hybridized carbons (Fsp3) is 0.261. The van der Waals surface area contributed by atoms with Crippen LogP contribution >= 0.6 is 0 Å². The number of hydrogen-bond acceptors (Lipinski definition) is 4. The molecule has 2 unspecified atom stereocenters. The number of carbonyl (C=O) groups excluding carboxylic acids is 1. The number of amides is 1. The molecule has 28 heavy (non-hydrogen) atoms. The van der Waals surface area contributed by atoms with Crippen molar-refractivity contribution in [1.82, 2.24) is 4.90 Å². The van der Waals surface area contributed by atoms with Crippen LogP contribution in [0.4, 0.5) is 5.69 Å². The molecule has 2 aromatic carbocycles. The van der Waals surface area contributed by atoms with E-state index in [1.165, 1.54) is 0 Å². The average molecular weight is 376 g/mol. The van der Waals surface area contributed by atoms with Crippen molar-refractivity contribution in [3.8, 4) is 5.75 Å². The number of carbonyl (C=O) groups is 1. The Morgan fingerprint density at radius 3 is 2.68 bits per heavy atom. The van der Waals surface area contributed by atoms with E-state index in [1.807, 2.05) is 67.6 Å². The first-order valence-corrected chi connectivity index (χ1v) is 9.62. The minimum absolute atomic E-state index is 0.0332. The number of furan rings is 1. The molecular formula is C23H24N2O3. The Morgan fingerprint density at radius 1 is 1.11 bits per heavy atom. The third-order valence-electron chi connectivity index (χ3n) is 5.05. The van der Waals surface area contributed by atoms with Crippen LogP contribution in [-0.4, -0.2) is 16.9 Å². The van der Waals surface area contributed by atoms with E-state index in [0.29, 0.717) is 12.1 Å². The van der Waals surface area contributed by atoms with E-state index < -0.39 is 0 Å². The molecule has 0 fully saturated rings. The summed E-state index contributed by atoms with van der Waals surface area (Å²) in [5.41, 5.74) is 2.41. The van der Waals surface area contributed by atoms with Crippen molar-refractivity contribution in [3.05, 3.63) is 83.8 Å². The molecule has 1 amide bonds. The number of benzene rings is 2. The summed E-state index contributed by atoms with van der Waals surface area (Å²) in [6.07, 6.45) is 2.27. The molecule has 144 valence electrons. The minimum Gasteiger partial charge on any atom is -0.490 e. The van der Waals surface area contributed by atoms with Crippen molar-refractivity contribution in [1.29, 1.82) is 0 Å². The van der Waals surface area contributed by atoms with Gasteiger partial charge in [0, 0.05) is 11.3 Å². The van der Waals surface area contributed by atoms with Gasteiger partial charge in [-0.3, -0.25) is 4.79 Å². The van der Waals surface area contributed by atoms with Gasteiger partial charge in [-0.1, -0.05) is 37.3 Å². The largest absolute Gasteiger partial charge is 0.490 e. The van der Waals surface area contributed by atoms with Crippen LogP contribution in [0.2, 0.25) is 0 Å². The first-order chi connectivity index (χ1) is 13.7.